The lowest BCUT2D eigenvalue weighted by Crippen LogP contribution is -2.74. The largest absolute Gasteiger partial charge is 0.458 e. The monoisotopic (exact) mass is 1130 g/mol. The Hall–Kier alpha value is -8.70. The van der Waals surface area contributed by atoms with Crippen LogP contribution in [-0.4, -0.2) is 14.8 Å². The Bertz CT molecular complexity index is 3980. The van der Waals surface area contributed by atoms with E-state index < -0.39 is 8.07 Å². The molecule has 0 fully saturated rings. The molecule has 2 aliphatic heterocycles. The van der Waals surface area contributed by atoms with Crippen LogP contribution in [0.5, 0.6) is 23.0 Å². The van der Waals surface area contributed by atoms with E-state index in [4.69, 9.17) is 9.47 Å². The van der Waals surface area contributed by atoms with E-state index in [1.807, 2.05) is 0 Å². The van der Waals surface area contributed by atoms with Crippen molar-refractivity contribution in [3.63, 3.8) is 0 Å². The molecule has 0 spiro atoms. The normalized spacial score (nSPS) is 13.0. The van der Waals surface area contributed by atoms with Crippen LogP contribution in [0.3, 0.4) is 0 Å². The van der Waals surface area contributed by atoms with Crippen molar-refractivity contribution in [2.75, 3.05) is 0 Å². The summed E-state index contributed by atoms with van der Waals surface area (Å²) < 4.78 is 15.0. The molecule has 0 atom stereocenters. The molecule has 0 N–H and O–H groups in total. The Morgan fingerprint density at radius 1 is 0.267 bits per heavy atom. The van der Waals surface area contributed by atoms with E-state index in [9.17, 15) is 0 Å². The van der Waals surface area contributed by atoms with E-state index in [0.717, 1.165) is 83.9 Å². The predicted octanol–water partition coefficient (Wildman–Crippen LogP) is 17.3. The Kier molecular flexibility index (Phi) is 14.0. The van der Waals surface area contributed by atoms with Gasteiger partial charge in [-0.05, 0) is 155 Å². The van der Waals surface area contributed by atoms with Crippen LogP contribution in [0.15, 0.2) is 249 Å². The molecule has 0 saturated heterocycles. The summed E-state index contributed by atoms with van der Waals surface area (Å²) in [5.41, 5.74) is 19.8. The van der Waals surface area contributed by atoms with Gasteiger partial charge in [0.1, 0.15) is 23.0 Å². The van der Waals surface area contributed by atoms with Crippen LogP contribution >= 0.6 is 0 Å². The van der Waals surface area contributed by atoms with Crippen molar-refractivity contribution in [3.8, 4) is 78.6 Å². The van der Waals surface area contributed by atoms with Gasteiger partial charge in [0.2, 0.25) is 0 Å². The molecule has 0 radical (unpaired) electrons. The van der Waals surface area contributed by atoms with E-state index in [1.54, 1.807) is 0 Å². The zero-order chi connectivity index (χ0) is 59.9. The number of hydrogen-bond acceptors (Lipinski definition) is 2. The standard InChI is InChI=1S/C82H77BO2Si/c1-79(2,3)61-42-58(43-62(50-61)80(4,5)6)56-38-40-71-73(46-56)84-75-48-60(49-76-78(75)83(71)72-41-39-57(47-74(72)85-76)59-44-63(81(7,8)9)51-64(45-59)82(10,11)12)77-69(54-28-18-13-19-29-54)52-68(53-70(77)55-30-20-14-21-31-55)86(65-32-22-15-23-33-65,66-34-24-16-25-35-66)67-36-26-17-27-37-67/h13-53H,1-12H3. The fraction of sp³-hybridized carbons (Fsp3) is 0.195. The maximum absolute atomic E-state index is 7.51. The topological polar surface area (TPSA) is 18.5 Å². The molecule has 11 aromatic carbocycles. The van der Waals surface area contributed by atoms with Gasteiger partial charge in [-0.3, -0.25) is 0 Å². The van der Waals surface area contributed by atoms with E-state index in [0.29, 0.717) is 0 Å². The highest BCUT2D eigenvalue weighted by Gasteiger charge is 2.44. The van der Waals surface area contributed by atoms with Crippen LogP contribution < -0.4 is 46.6 Å². The first-order valence-electron chi connectivity index (χ1n) is 30.7. The molecule has 424 valence electrons. The minimum absolute atomic E-state index is 0.0385. The summed E-state index contributed by atoms with van der Waals surface area (Å²) >= 11 is 0. The molecule has 13 rings (SSSR count). The number of ether oxygens (including phenoxy) is 2. The van der Waals surface area contributed by atoms with Gasteiger partial charge in [-0.15, -0.1) is 0 Å². The van der Waals surface area contributed by atoms with E-state index in [1.165, 1.54) is 54.1 Å². The van der Waals surface area contributed by atoms with Crippen LogP contribution in [0.2, 0.25) is 0 Å². The summed E-state index contributed by atoms with van der Waals surface area (Å²) in [6.07, 6.45) is 0. The molecule has 86 heavy (non-hydrogen) atoms. The van der Waals surface area contributed by atoms with Crippen molar-refractivity contribution in [1.29, 1.82) is 0 Å². The molecule has 2 heterocycles. The van der Waals surface area contributed by atoms with Gasteiger partial charge in [-0.25, -0.2) is 0 Å². The maximum Gasteiger partial charge on any atom is 0.260 e. The summed E-state index contributed by atoms with van der Waals surface area (Å²) in [5, 5.41) is 5.27. The third-order valence-electron chi connectivity index (χ3n) is 18.1. The molecular weight excluding hydrogens is 1060 g/mol. The van der Waals surface area contributed by atoms with Crippen molar-refractivity contribution < 1.29 is 9.47 Å². The summed E-state index contributed by atoms with van der Waals surface area (Å²) in [5.74, 6) is 3.32. The van der Waals surface area contributed by atoms with Crippen LogP contribution in [0, 0.1) is 0 Å². The highest BCUT2D eigenvalue weighted by Crippen LogP contribution is 2.47. The van der Waals surface area contributed by atoms with Gasteiger partial charge in [-0.2, -0.15) is 0 Å². The first kappa shape index (κ1) is 56.4. The van der Waals surface area contributed by atoms with Crippen LogP contribution in [0.1, 0.15) is 105 Å². The molecule has 2 aliphatic rings. The maximum atomic E-state index is 7.51. The molecule has 0 unspecified atom stereocenters. The van der Waals surface area contributed by atoms with Gasteiger partial charge in [0.05, 0.1) is 0 Å². The molecule has 0 bridgehead atoms. The lowest BCUT2D eigenvalue weighted by atomic mass is 9.34. The lowest BCUT2D eigenvalue weighted by molar-refractivity contribution is 0.465. The molecule has 4 heteroatoms. The first-order chi connectivity index (χ1) is 41.1. The number of benzene rings is 11. The zero-order valence-corrected chi connectivity index (χ0v) is 53.1. The molecule has 0 saturated carbocycles. The van der Waals surface area contributed by atoms with Crippen LogP contribution in [-0.2, 0) is 21.7 Å². The zero-order valence-electron chi connectivity index (χ0n) is 52.1. The van der Waals surface area contributed by atoms with Crippen LogP contribution in [0.25, 0.3) is 55.6 Å². The van der Waals surface area contributed by atoms with Crippen molar-refractivity contribution >= 4 is 51.9 Å². The average Bonchev–Trinajstić information content (AvgIpc) is 0.781. The van der Waals surface area contributed by atoms with Crippen molar-refractivity contribution in [2.24, 2.45) is 0 Å². The quantitative estimate of drug-likeness (QED) is 0.106. The highest BCUT2D eigenvalue weighted by atomic mass is 28.3. The third-order valence-corrected chi connectivity index (χ3v) is 22.9. The molecule has 0 aromatic heterocycles. The molecule has 0 amide bonds. The summed E-state index contributed by atoms with van der Waals surface area (Å²) in [6.45, 7) is 27.6. The second kappa shape index (κ2) is 21.4. The highest BCUT2D eigenvalue weighted by molar-refractivity contribution is 7.20. The number of fused-ring (bicyclic) bond motifs is 4. The average molecular weight is 1130 g/mol. The smallest absolute Gasteiger partial charge is 0.260 e. The Morgan fingerprint density at radius 3 is 0.907 bits per heavy atom. The summed E-state index contributed by atoms with van der Waals surface area (Å²) in [4.78, 5) is 0. The van der Waals surface area contributed by atoms with Gasteiger partial charge in [-0.1, -0.05) is 308 Å². The summed E-state index contributed by atoms with van der Waals surface area (Å²) in [7, 11) is -3.05. The number of rotatable bonds is 9. The Balaban J connectivity index is 1.09. The second-order valence-corrected chi connectivity index (χ2v) is 32.0. The van der Waals surface area contributed by atoms with Gasteiger partial charge >= 0.3 is 0 Å². The first-order valence-corrected chi connectivity index (χ1v) is 32.7. The minimum atomic E-state index is -3.05. The summed E-state index contributed by atoms with van der Waals surface area (Å²) in [6, 6.07) is 93.7. The SMILES string of the molecule is CC(C)(C)c1cc(-c2ccc3c(c2)Oc2cc(-c4c(-c5ccccc5)cc([Si](c5ccccc5)(c5ccccc5)c5ccccc5)cc4-c4ccccc4)cc4c2B3c2ccc(-c3cc(C(C)(C)C)cc(C(C)(C)C)c3)cc2O4)cc(C(C)(C)C)c1. The Morgan fingerprint density at radius 2 is 0.581 bits per heavy atom. The van der Waals surface area contributed by atoms with Crippen molar-refractivity contribution in [1.82, 2.24) is 0 Å². The molecule has 0 aliphatic carbocycles. The number of hydrogen-bond donors (Lipinski definition) is 0. The molecule has 11 aromatic rings. The van der Waals surface area contributed by atoms with Gasteiger partial charge in [0, 0.05) is 5.46 Å². The van der Waals surface area contributed by atoms with E-state index in [-0.39, 0.29) is 28.4 Å². The van der Waals surface area contributed by atoms with Gasteiger partial charge in [0.25, 0.3) is 6.71 Å². The Labute approximate surface area is 512 Å². The fourth-order valence-corrected chi connectivity index (χ4v) is 18.0. The van der Waals surface area contributed by atoms with Crippen molar-refractivity contribution in [2.45, 2.75) is 105 Å². The fourth-order valence-electron chi connectivity index (χ4n) is 13.2. The lowest BCUT2D eigenvalue weighted by Gasteiger charge is -2.36. The molecular formula is C82H77BO2Si. The van der Waals surface area contributed by atoms with Crippen molar-refractivity contribution in [3.05, 3.63) is 271 Å². The van der Waals surface area contributed by atoms with Gasteiger partial charge in [0.15, 0.2) is 8.07 Å². The van der Waals surface area contributed by atoms with Gasteiger partial charge < -0.3 is 9.47 Å². The predicted molar refractivity (Wildman–Crippen MR) is 370 cm³/mol. The minimum Gasteiger partial charge on any atom is -0.458 e. The third kappa shape index (κ3) is 10.3. The second-order valence-electron chi connectivity index (χ2n) is 28.2. The van der Waals surface area contributed by atoms with E-state index in [2.05, 4.69) is 332 Å². The van der Waals surface area contributed by atoms with Crippen LogP contribution in [0.4, 0.5) is 0 Å². The van der Waals surface area contributed by atoms with E-state index >= 15 is 0 Å². The molecule has 2 nitrogen and oxygen atoms in total.